The number of rotatable bonds is 5. The molecule has 1 aliphatic heterocycles. The van der Waals surface area contributed by atoms with Gasteiger partial charge in [-0.25, -0.2) is 9.18 Å². The van der Waals surface area contributed by atoms with E-state index in [-0.39, 0.29) is 40.3 Å². The fourth-order valence-electron chi connectivity index (χ4n) is 5.85. The van der Waals surface area contributed by atoms with Crippen LogP contribution in [0, 0.1) is 11.7 Å². The van der Waals surface area contributed by atoms with Crippen molar-refractivity contribution in [3.05, 3.63) is 124 Å². The van der Waals surface area contributed by atoms with Gasteiger partial charge in [-0.3, -0.25) is 14.5 Å². The molecule has 1 heterocycles. The zero-order chi connectivity index (χ0) is 31.1. The van der Waals surface area contributed by atoms with E-state index in [1.165, 1.54) is 29.2 Å². The van der Waals surface area contributed by atoms with Gasteiger partial charge in [0.1, 0.15) is 17.6 Å². The Kier molecular flexibility index (Phi) is 7.83. The van der Waals surface area contributed by atoms with Gasteiger partial charge in [-0.1, -0.05) is 48.5 Å². The van der Waals surface area contributed by atoms with E-state index in [4.69, 9.17) is 15.2 Å². The third-order valence-electron chi connectivity index (χ3n) is 7.76. The monoisotopic (exact) mass is 594 g/mol. The number of carbonyl (C=O) groups excluding carboxylic acids is 3. The van der Waals surface area contributed by atoms with Gasteiger partial charge in [0.15, 0.2) is 5.78 Å². The maximum atomic E-state index is 14.5. The molecule has 7 nitrogen and oxygen atoms in total. The summed E-state index contributed by atoms with van der Waals surface area (Å²) in [5, 5.41) is 0. The van der Waals surface area contributed by atoms with Gasteiger partial charge in [-0.15, -0.1) is 0 Å². The van der Waals surface area contributed by atoms with Crippen LogP contribution >= 0.6 is 0 Å². The molecule has 0 spiro atoms. The van der Waals surface area contributed by atoms with Gasteiger partial charge in [0.2, 0.25) is 0 Å². The summed E-state index contributed by atoms with van der Waals surface area (Å²) in [6, 6.07) is 18.0. The van der Waals surface area contributed by atoms with Crippen LogP contribution in [0.5, 0.6) is 0 Å². The number of carbonyl (C=O) groups is 3. The standard InChI is InChI=1S/C32H26F4N2O5/c1-42-30(40)25-22(17-7-4-3-5-8-17)16-23-26(28(25)39)24(18-11-13-20(33)14-12-18)27(31(41)43-2)29(37)38(23)21-10-6-9-19(15-21)32(34,35)36/h3-15,22,24-25H,16,37H2,1-2H3/t22-,24+,25-/m1/s1. The van der Waals surface area contributed by atoms with E-state index in [0.29, 0.717) is 5.56 Å². The highest BCUT2D eigenvalue weighted by atomic mass is 19.4. The quantitative estimate of drug-likeness (QED) is 0.234. The molecule has 3 atom stereocenters. The highest BCUT2D eigenvalue weighted by molar-refractivity contribution is 6.14. The Morgan fingerprint density at radius 3 is 2.19 bits per heavy atom. The molecule has 11 heteroatoms. The van der Waals surface area contributed by atoms with E-state index in [0.717, 1.165) is 38.5 Å². The number of esters is 2. The third-order valence-corrected chi connectivity index (χ3v) is 7.76. The smallest absolute Gasteiger partial charge is 0.416 e. The Morgan fingerprint density at radius 2 is 1.58 bits per heavy atom. The van der Waals surface area contributed by atoms with Crippen LogP contribution < -0.4 is 10.6 Å². The van der Waals surface area contributed by atoms with Crippen molar-refractivity contribution in [2.75, 3.05) is 19.1 Å². The number of nitrogens with zero attached hydrogens (tertiary/aromatic N) is 1. The Morgan fingerprint density at radius 1 is 0.907 bits per heavy atom. The summed E-state index contributed by atoms with van der Waals surface area (Å²) in [5.41, 5.74) is 6.37. The van der Waals surface area contributed by atoms with Gasteiger partial charge < -0.3 is 15.2 Å². The average molecular weight is 595 g/mol. The Bertz CT molecular complexity index is 1650. The van der Waals surface area contributed by atoms with Crippen molar-refractivity contribution in [3.8, 4) is 0 Å². The number of hydrogen-bond donors (Lipinski definition) is 1. The molecule has 0 amide bonds. The van der Waals surface area contributed by atoms with Crippen LogP contribution in [-0.4, -0.2) is 31.9 Å². The SMILES string of the molecule is COC(=O)C1=C(N)N(c2cccc(C(F)(F)F)c2)C2=C(C(=O)[C@H](C(=O)OC)[C@@H](c3ccccc3)C2)[C@@H]1c1ccc(F)cc1. The lowest BCUT2D eigenvalue weighted by atomic mass is 9.67. The summed E-state index contributed by atoms with van der Waals surface area (Å²) in [7, 11) is 2.24. The molecule has 1 aliphatic carbocycles. The number of benzene rings is 3. The summed E-state index contributed by atoms with van der Waals surface area (Å²) in [6.45, 7) is 0. The maximum Gasteiger partial charge on any atom is 0.416 e. The maximum absolute atomic E-state index is 14.5. The first kappa shape index (κ1) is 29.6. The van der Waals surface area contributed by atoms with Gasteiger partial charge >= 0.3 is 18.1 Å². The number of Topliss-reactive ketones (excluding diaryl/α,β-unsaturated/α-hetero) is 1. The van der Waals surface area contributed by atoms with Crippen molar-refractivity contribution in [2.24, 2.45) is 11.7 Å². The fraction of sp³-hybridized carbons (Fsp3) is 0.219. The van der Waals surface area contributed by atoms with E-state index >= 15 is 0 Å². The highest BCUT2D eigenvalue weighted by Gasteiger charge is 2.51. The Hall–Kier alpha value is -4.93. The second-order valence-corrected chi connectivity index (χ2v) is 10.1. The van der Waals surface area contributed by atoms with Crippen molar-refractivity contribution in [1.82, 2.24) is 0 Å². The number of allylic oxidation sites excluding steroid dienone is 2. The zero-order valence-corrected chi connectivity index (χ0v) is 23.0. The fourth-order valence-corrected chi connectivity index (χ4v) is 5.85. The van der Waals surface area contributed by atoms with Crippen molar-refractivity contribution in [2.45, 2.75) is 24.4 Å². The summed E-state index contributed by atoms with van der Waals surface area (Å²) < 4.78 is 65.4. The Labute approximate surface area is 244 Å². The third kappa shape index (κ3) is 5.26. The number of methoxy groups -OCH3 is 2. The number of hydrogen-bond acceptors (Lipinski definition) is 7. The summed E-state index contributed by atoms with van der Waals surface area (Å²) >= 11 is 0. The minimum Gasteiger partial charge on any atom is -0.468 e. The predicted molar refractivity (Wildman–Crippen MR) is 148 cm³/mol. The van der Waals surface area contributed by atoms with Crippen LogP contribution in [0.15, 0.2) is 102 Å². The second kappa shape index (κ2) is 11.4. The van der Waals surface area contributed by atoms with Crippen molar-refractivity contribution in [3.63, 3.8) is 0 Å². The summed E-state index contributed by atoms with van der Waals surface area (Å²) in [5.74, 6) is -6.69. The van der Waals surface area contributed by atoms with Gasteiger partial charge in [0.25, 0.3) is 0 Å². The van der Waals surface area contributed by atoms with Gasteiger partial charge in [-0.2, -0.15) is 13.2 Å². The molecular formula is C32H26F4N2O5. The average Bonchev–Trinajstić information content (AvgIpc) is 3.00. The molecule has 0 saturated carbocycles. The number of halogens is 4. The lowest BCUT2D eigenvalue weighted by Gasteiger charge is -2.44. The van der Waals surface area contributed by atoms with E-state index in [1.54, 1.807) is 30.3 Å². The van der Waals surface area contributed by atoms with Crippen LogP contribution in [0.3, 0.4) is 0 Å². The first-order chi connectivity index (χ1) is 20.5. The van der Waals surface area contributed by atoms with E-state index < -0.39 is 53.0 Å². The number of anilines is 1. The number of ketones is 1. The van der Waals surface area contributed by atoms with Gasteiger partial charge in [0, 0.05) is 22.9 Å². The molecule has 0 bridgehead atoms. The molecule has 222 valence electrons. The zero-order valence-electron chi connectivity index (χ0n) is 23.0. The van der Waals surface area contributed by atoms with E-state index in [9.17, 15) is 31.9 Å². The molecule has 2 N–H and O–H groups in total. The molecule has 0 saturated heterocycles. The first-order valence-corrected chi connectivity index (χ1v) is 13.2. The molecule has 3 aromatic carbocycles. The van der Waals surface area contributed by atoms with Crippen LogP contribution in [0.25, 0.3) is 0 Å². The topological polar surface area (TPSA) is 98.9 Å². The molecule has 43 heavy (non-hydrogen) atoms. The number of ether oxygens (including phenoxy) is 2. The normalized spacial score (nSPS) is 20.6. The highest BCUT2D eigenvalue weighted by Crippen LogP contribution is 2.51. The number of alkyl halides is 3. The lowest BCUT2D eigenvalue weighted by molar-refractivity contribution is -0.150. The van der Waals surface area contributed by atoms with Gasteiger partial charge in [-0.05, 0) is 47.9 Å². The molecule has 0 radical (unpaired) electrons. The van der Waals surface area contributed by atoms with Crippen molar-refractivity contribution in [1.29, 1.82) is 0 Å². The van der Waals surface area contributed by atoms with Crippen molar-refractivity contribution < 1.29 is 41.4 Å². The molecule has 0 unspecified atom stereocenters. The largest absolute Gasteiger partial charge is 0.468 e. The summed E-state index contributed by atoms with van der Waals surface area (Å²) in [4.78, 5) is 42.2. The molecular weight excluding hydrogens is 568 g/mol. The van der Waals surface area contributed by atoms with Crippen molar-refractivity contribution >= 4 is 23.4 Å². The van der Waals surface area contributed by atoms with E-state index in [2.05, 4.69) is 0 Å². The molecule has 0 aromatic heterocycles. The second-order valence-electron chi connectivity index (χ2n) is 10.1. The lowest BCUT2D eigenvalue weighted by Crippen LogP contribution is -2.46. The van der Waals surface area contributed by atoms with E-state index in [1.807, 2.05) is 0 Å². The number of nitrogens with two attached hydrogens (primary N) is 1. The molecule has 2 aliphatic rings. The van der Waals surface area contributed by atoms with Crippen LogP contribution in [0.1, 0.15) is 34.9 Å². The van der Waals surface area contributed by atoms with Crippen LogP contribution in [-0.2, 0) is 30.0 Å². The van der Waals surface area contributed by atoms with Gasteiger partial charge in [0.05, 0.1) is 31.3 Å². The van der Waals surface area contributed by atoms with Crippen LogP contribution in [0.2, 0.25) is 0 Å². The first-order valence-electron chi connectivity index (χ1n) is 13.2. The minimum absolute atomic E-state index is 0.0338. The Balaban J connectivity index is 1.84. The van der Waals surface area contributed by atoms with Crippen LogP contribution in [0.4, 0.5) is 23.2 Å². The minimum atomic E-state index is -4.70. The predicted octanol–water partition coefficient (Wildman–Crippen LogP) is 5.59. The molecule has 5 rings (SSSR count). The molecule has 3 aromatic rings. The molecule has 0 fully saturated rings. The summed E-state index contributed by atoms with van der Waals surface area (Å²) in [6.07, 6.45) is -4.73.